The number of thiophene rings is 1. The number of aromatic nitrogens is 2. The smallest absolute Gasteiger partial charge is 0.200 e. The molecule has 0 amide bonds. The highest BCUT2D eigenvalue weighted by Crippen LogP contribution is 2.27. The summed E-state index contributed by atoms with van der Waals surface area (Å²) in [4.78, 5) is 6.65. The van der Waals surface area contributed by atoms with Crippen LogP contribution in [0.1, 0.15) is 15.4 Å². The molecule has 0 unspecified atom stereocenters. The predicted molar refractivity (Wildman–Crippen MR) is 67.2 cm³/mol. The molecule has 5 heteroatoms. The molecular weight excluding hydrogens is 274 g/mol. The lowest BCUT2D eigenvalue weighted by Crippen LogP contribution is -2.04. The molecule has 0 aliphatic rings. The number of hydrogen-bond donors (Lipinski definition) is 1. The molecule has 0 aliphatic carbocycles. The van der Waals surface area contributed by atoms with Crippen molar-refractivity contribution in [2.45, 2.75) is 20.4 Å². The highest BCUT2D eigenvalue weighted by atomic mass is 79.9. The van der Waals surface area contributed by atoms with Crippen molar-refractivity contribution in [3.05, 3.63) is 32.2 Å². The van der Waals surface area contributed by atoms with E-state index >= 15 is 0 Å². The number of hydrogen-bond acceptors (Lipinski definition) is 3. The quantitative estimate of drug-likeness (QED) is 0.922. The van der Waals surface area contributed by atoms with Crippen molar-refractivity contribution in [1.82, 2.24) is 9.55 Å². The maximum Gasteiger partial charge on any atom is 0.200 e. The van der Waals surface area contributed by atoms with Crippen molar-refractivity contribution in [1.29, 1.82) is 0 Å². The van der Waals surface area contributed by atoms with Crippen LogP contribution in [-0.2, 0) is 6.54 Å². The molecule has 0 atom stereocenters. The molecule has 80 valence electrons. The number of nitrogens with zero attached hydrogens (tertiary/aromatic N) is 2. The van der Waals surface area contributed by atoms with Gasteiger partial charge in [-0.25, -0.2) is 4.98 Å². The van der Waals surface area contributed by atoms with Gasteiger partial charge >= 0.3 is 0 Å². The molecule has 2 aromatic heterocycles. The van der Waals surface area contributed by atoms with Gasteiger partial charge in [0.1, 0.15) is 0 Å². The number of anilines is 1. The maximum atomic E-state index is 5.78. The zero-order valence-corrected chi connectivity index (χ0v) is 11.0. The molecule has 2 N–H and O–H groups in total. The number of aryl methyl sites for hydroxylation is 2. The molecule has 2 aromatic rings. The van der Waals surface area contributed by atoms with Crippen LogP contribution in [0.2, 0.25) is 0 Å². The molecular formula is C10H12BrN3S. The standard InChI is InChI=1S/C10H12BrN3S/c1-6-4-13-10(12)14(6)5-8-3-9(11)7(2)15-8/h3-4H,5H2,1-2H3,(H2,12,13). The Balaban J connectivity index is 2.29. The Kier molecular flexibility index (Phi) is 2.84. The van der Waals surface area contributed by atoms with Crippen LogP contribution in [-0.4, -0.2) is 9.55 Å². The van der Waals surface area contributed by atoms with Gasteiger partial charge in [0, 0.05) is 19.9 Å². The van der Waals surface area contributed by atoms with Crippen molar-refractivity contribution in [2.24, 2.45) is 0 Å². The van der Waals surface area contributed by atoms with Crippen molar-refractivity contribution in [2.75, 3.05) is 5.73 Å². The van der Waals surface area contributed by atoms with Gasteiger partial charge in [0.2, 0.25) is 5.95 Å². The van der Waals surface area contributed by atoms with Crippen molar-refractivity contribution in [3.63, 3.8) is 0 Å². The van der Waals surface area contributed by atoms with E-state index in [0.29, 0.717) is 5.95 Å². The second kappa shape index (κ2) is 3.98. The van der Waals surface area contributed by atoms with Crippen LogP contribution >= 0.6 is 27.3 Å². The minimum atomic E-state index is 0.578. The summed E-state index contributed by atoms with van der Waals surface area (Å²) in [7, 11) is 0. The summed E-state index contributed by atoms with van der Waals surface area (Å²) in [6, 6.07) is 2.14. The van der Waals surface area contributed by atoms with Gasteiger partial charge in [0.15, 0.2) is 0 Å². The molecule has 3 nitrogen and oxygen atoms in total. The maximum absolute atomic E-state index is 5.78. The van der Waals surface area contributed by atoms with Gasteiger partial charge in [0.25, 0.3) is 0 Å². The lowest BCUT2D eigenvalue weighted by molar-refractivity contribution is 0.794. The fourth-order valence-electron chi connectivity index (χ4n) is 1.44. The van der Waals surface area contributed by atoms with Crippen LogP contribution < -0.4 is 5.73 Å². The van der Waals surface area contributed by atoms with Gasteiger partial charge in [-0.15, -0.1) is 11.3 Å². The van der Waals surface area contributed by atoms with Gasteiger partial charge in [-0.1, -0.05) is 0 Å². The molecule has 2 heterocycles. The Morgan fingerprint density at radius 3 is 2.73 bits per heavy atom. The van der Waals surface area contributed by atoms with Crippen LogP contribution in [0.4, 0.5) is 5.95 Å². The lowest BCUT2D eigenvalue weighted by atomic mass is 10.4. The first-order valence-electron chi connectivity index (χ1n) is 4.60. The third-order valence-electron chi connectivity index (χ3n) is 2.31. The molecule has 0 bridgehead atoms. The van der Waals surface area contributed by atoms with E-state index in [0.717, 1.165) is 12.2 Å². The Morgan fingerprint density at radius 1 is 1.53 bits per heavy atom. The topological polar surface area (TPSA) is 43.8 Å². The van der Waals surface area contributed by atoms with E-state index in [4.69, 9.17) is 5.73 Å². The molecule has 2 rings (SSSR count). The van der Waals surface area contributed by atoms with Crippen molar-refractivity contribution < 1.29 is 0 Å². The number of nitrogen functional groups attached to an aromatic ring is 1. The SMILES string of the molecule is Cc1sc(Cn2c(C)cnc2N)cc1Br. The van der Waals surface area contributed by atoms with Crippen LogP contribution in [0, 0.1) is 13.8 Å². The summed E-state index contributed by atoms with van der Waals surface area (Å²) in [5.41, 5.74) is 6.87. The minimum absolute atomic E-state index is 0.578. The Bertz CT molecular complexity index is 448. The van der Waals surface area contributed by atoms with E-state index < -0.39 is 0 Å². The van der Waals surface area contributed by atoms with E-state index in [1.54, 1.807) is 17.5 Å². The highest BCUT2D eigenvalue weighted by Gasteiger charge is 2.07. The van der Waals surface area contributed by atoms with Gasteiger partial charge in [-0.3, -0.25) is 0 Å². The summed E-state index contributed by atoms with van der Waals surface area (Å²) in [5, 5.41) is 0. The number of halogens is 1. The van der Waals surface area contributed by atoms with Gasteiger partial charge < -0.3 is 10.3 Å². The molecule has 0 aromatic carbocycles. The van der Waals surface area contributed by atoms with Crippen molar-refractivity contribution in [3.8, 4) is 0 Å². The first-order chi connectivity index (χ1) is 7.08. The fourth-order valence-corrected chi connectivity index (χ4v) is 3.03. The van der Waals surface area contributed by atoms with E-state index in [2.05, 4.69) is 33.9 Å². The second-order valence-electron chi connectivity index (χ2n) is 3.46. The van der Waals surface area contributed by atoms with E-state index in [-0.39, 0.29) is 0 Å². The third kappa shape index (κ3) is 2.08. The monoisotopic (exact) mass is 285 g/mol. The van der Waals surface area contributed by atoms with Crippen LogP contribution in [0.3, 0.4) is 0 Å². The van der Waals surface area contributed by atoms with E-state index in [1.165, 1.54) is 14.2 Å². The minimum Gasteiger partial charge on any atom is -0.369 e. The second-order valence-corrected chi connectivity index (χ2v) is 5.66. The number of imidazole rings is 1. The first kappa shape index (κ1) is 10.7. The van der Waals surface area contributed by atoms with Crippen LogP contribution in [0.5, 0.6) is 0 Å². The lowest BCUT2D eigenvalue weighted by Gasteiger charge is -2.04. The van der Waals surface area contributed by atoms with Gasteiger partial charge in [0.05, 0.1) is 12.7 Å². The van der Waals surface area contributed by atoms with Crippen molar-refractivity contribution >= 4 is 33.2 Å². The molecule has 0 saturated heterocycles. The Labute approximate surface area is 101 Å². The summed E-state index contributed by atoms with van der Waals surface area (Å²) in [6.07, 6.45) is 1.80. The molecule has 0 aliphatic heterocycles. The highest BCUT2D eigenvalue weighted by molar-refractivity contribution is 9.10. The fraction of sp³-hybridized carbons (Fsp3) is 0.300. The molecule has 0 radical (unpaired) electrons. The normalized spacial score (nSPS) is 10.9. The number of rotatable bonds is 2. The number of nitrogens with two attached hydrogens (primary N) is 1. The van der Waals surface area contributed by atoms with Gasteiger partial charge in [-0.2, -0.15) is 0 Å². The molecule has 15 heavy (non-hydrogen) atoms. The first-order valence-corrected chi connectivity index (χ1v) is 6.21. The predicted octanol–water partition coefficient (Wildman–Crippen LogP) is 2.95. The zero-order valence-electron chi connectivity index (χ0n) is 8.62. The average Bonchev–Trinajstić information content (AvgIpc) is 2.64. The summed E-state index contributed by atoms with van der Waals surface area (Å²) >= 11 is 5.29. The Morgan fingerprint density at radius 2 is 2.27 bits per heavy atom. The van der Waals surface area contributed by atoms with Gasteiger partial charge in [-0.05, 0) is 35.8 Å². The summed E-state index contributed by atoms with van der Waals surface area (Å²) in [5.74, 6) is 0.578. The van der Waals surface area contributed by atoms with Crippen LogP contribution in [0.25, 0.3) is 0 Å². The average molecular weight is 286 g/mol. The molecule has 0 fully saturated rings. The zero-order chi connectivity index (χ0) is 11.0. The summed E-state index contributed by atoms with van der Waals surface area (Å²) < 4.78 is 3.18. The molecule has 0 saturated carbocycles. The van der Waals surface area contributed by atoms with E-state index in [9.17, 15) is 0 Å². The summed E-state index contributed by atoms with van der Waals surface area (Å²) in [6.45, 7) is 4.91. The van der Waals surface area contributed by atoms with Crippen LogP contribution in [0.15, 0.2) is 16.7 Å². The Hall–Kier alpha value is -0.810. The molecule has 0 spiro atoms. The third-order valence-corrected chi connectivity index (χ3v) is 4.43. The van der Waals surface area contributed by atoms with E-state index in [1.807, 2.05) is 11.5 Å². The largest absolute Gasteiger partial charge is 0.369 e.